The van der Waals surface area contributed by atoms with Crippen LogP contribution in [-0.4, -0.2) is 58.1 Å². The van der Waals surface area contributed by atoms with Gasteiger partial charge in [0.2, 0.25) is 5.91 Å². The van der Waals surface area contributed by atoms with Gasteiger partial charge in [0.05, 0.1) is 12.5 Å². The Morgan fingerprint density at radius 3 is 2.29 bits per heavy atom. The van der Waals surface area contributed by atoms with Crippen LogP contribution in [0, 0.1) is 5.41 Å². The van der Waals surface area contributed by atoms with E-state index in [0.29, 0.717) is 6.54 Å². The van der Waals surface area contributed by atoms with Crippen molar-refractivity contribution >= 4 is 11.9 Å². The summed E-state index contributed by atoms with van der Waals surface area (Å²) < 4.78 is 5.25. The Morgan fingerprint density at radius 1 is 1.18 bits per heavy atom. The van der Waals surface area contributed by atoms with E-state index in [1.165, 1.54) is 5.56 Å². The summed E-state index contributed by atoms with van der Waals surface area (Å²) in [4.78, 5) is 18.8. The van der Waals surface area contributed by atoms with Crippen molar-refractivity contribution in [1.82, 2.24) is 15.5 Å². The topological polar surface area (TPSA) is 66.0 Å². The van der Waals surface area contributed by atoms with Crippen molar-refractivity contribution < 1.29 is 9.53 Å². The second-order valence-electron chi connectivity index (χ2n) is 8.58. The summed E-state index contributed by atoms with van der Waals surface area (Å²) in [5, 5.41) is 6.83. The number of nitrogens with zero attached hydrogens (tertiary/aromatic N) is 2. The highest BCUT2D eigenvalue weighted by Gasteiger charge is 2.42. The number of guanidine groups is 1. The van der Waals surface area contributed by atoms with E-state index in [-0.39, 0.29) is 16.7 Å². The normalized spacial score (nSPS) is 16.6. The monoisotopic (exact) mass is 388 g/mol. The number of carbonyl (C=O) groups excluding carboxylic acids is 1. The van der Waals surface area contributed by atoms with Crippen LogP contribution in [0.5, 0.6) is 5.75 Å². The number of rotatable bonds is 7. The molecule has 156 valence electrons. The Labute approximate surface area is 169 Å². The number of hydrogen-bond acceptors (Lipinski definition) is 3. The molecule has 0 aromatic heterocycles. The first-order valence-electron chi connectivity index (χ1n) is 10.0. The lowest BCUT2D eigenvalue weighted by molar-refractivity contribution is -0.138. The molecule has 28 heavy (non-hydrogen) atoms. The lowest BCUT2D eigenvalue weighted by Gasteiger charge is -2.32. The molecule has 0 atom stereocenters. The van der Waals surface area contributed by atoms with Gasteiger partial charge in [0.1, 0.15) is 5.75 Å². The van der Waals surface area contributed by atoms with Gasteiger partial charge in [-0.1, -0.05) is 38.8 Å². The molecular weight excluding hydrogens is 352 g/mol. The van der Waals surface area contributed by atoms with E-state index >= 15 is 0 Å². The minimum Gasteiger partial charge on any atom is -0.497 e. The minimum absolute atomic E-state index is 0.0750. The number of aliphatic imine (C=N–C) groups is 1. The maximum absolute atomic E-state index is 12.7. The Balaban J connectivity index is 1.97. The van der Waals surface area contributed by atoms with Gasteiger partial charge < -0.3 is 20.3 Å². The Kier molecular flexibility index (Phi) is 7.33. The maximum Gasteiger partial charge on any atom is 0.230 e. The van der Waals surface area contributed by atoms with Gasteiger partial charge >= 0.3 is 0 Å². The highest BCUT2D eigenvalue weighted by molar-refractivity contribution is 5.85. The Bertz CT molecular complexity index is 674. The molecule has 0 spiro atoms. The van der Waals surface area contributed by atoms with E-state index in [1.54, 1.807) is 19.1 Å². The number of nitrogens with one attached hydrogen (secondary N) is 2. The second kappa shape index (κ2) is 9.30. The third kappa shape index (κ3) is 5.18. The van der Waals surface area contributed by atoms with Crippen LogP contribution in [0.2, 0.25) is 0 Å². The van der Waals surface area contributed by atoms with E-state index in [2.05, 4.69) is 41.6 Å². The van der Waals surface area contributed by atoms with Crippen LogP contribution in [0.15, 0.2) is 29.3 Å². The molecule has 0 radical (unpaired) electrons. The Morgan fingerprint density at radius 2 is 1.79 bits per heavy atom. The molecule has 0 unspecified atom stereocenters. The zero-order chi connectivity index (χ0) is 20.8. The van der Waals surface area contributed by atoms with Gasteiger partial charge in [-0.3, -0.25) is 9.79 Å². The molecule has 0 aliphatic heterocycles. The molecule has 0 heterocycles. The zero-order valence-corrected chi connectivity index (χ0v) is 18.3. The van der Waals surface area contributed by atoms with Gasteiger partial charge in [-0.05, 0) is 30.5 Å². The smallest absolute Gasteiger partial charge is 0.230 e. The molecule has 1 aliphatic rings. The largest absolute Gasteiger partial charge is 0.497 e. The fourth-order valence-electron chi connectivity index (χ4n) is 3.91. The fraction of sp³-hybridized carbons (Fsp3) is 0.636. The van der Waals surface area contributed by atoms with Crippen molar-refractivity contribution in [2.75, 3.05) is 41.3 Å². The van der Waals surface area contributed by atoms with E-state index in [0.717, 1.165) is 43.9 Å². The van der Waals surface area contributed by atoms with Gasteiger partial charge in [0, 0.05) is 39.6 Å². The molecular formula is C22H36N4O2. The first-order chi connectivity index (χ1) is 13.2. The molecule has 6 nitrogen and oxygen atoms in total. The summed E-state index contributed by atoms with van der Waals surface area (Å²) in [6.07, 6.45) is 4.09. The standard InChI is InChI=1S/C22H36N4O2/c1-21(2,17-9-11-18(28-6)12-10-17)15-24-20(23-3)25-16-22(13-7-8-14-22)19(27)26(4)5/h9-12H,7-8,13-16H2,1-6H3,(H2,23,24,25). The minimum atomic E-state index is -0.313. The van der Waals surface area contributed by atoms with Gasteiger partial charge in [0.25, 0.3) is 0 Å². The van der Waals surface area contributed by atoms with Crippen LogP contribution in [0.25, 0.3) is 0 Å². The number of amides is 1. The molecule has 1 saturated carbocycles. The van der Waals surface area contributed by atoms with Crippen molar-refractivity contribution in [2.45, 2.75) is 44.9 Å². The van der Waals surface area contributed by atoms with Crippen molar-refractivity contribution in [1.29, 1.82) is 0 Å². The van der Waals surface area contributed by atoms with Crippen molar-refractivity contribution in [3.8, 4) is 5.75 Å². The van der Waals surface area contributed by atoms with E-state index < -0.39 is 0 Å². The number of benzene rings is 1. The van der Waals surface area contributed by atoms with Crippen molar-refractivity contribution in [3.05, 3.63) is 29.8 Å². The predicted octanol–water partition coefficient (Wildman–Crippen LogP) is 2.79. The summed E-state index contributed by atoms with van der Waals surface area (Å²) >= 11 is 0. The fourth-order valence-corrected chi connectivity index (χ4v) is 3.91. The first-order valence-corrected chi connectivity index (χ1v) is 10.0. The van der Waals surface area contributed by atoms with Crippen LogP contribution in [0.4, 0.5) is 0 Å². The average molecular weight is 389 g/mol. The number of methoxy groups -OCH3 is 1. The van der Waals surface area contributed by atoms with Crippen LogP contribution < -0.4 is 15.4 Å². The summed E-state index contributed by atoms with van der Waals surface area (Å²) in [5.74, 6) is 1.81. The highest BCUT2D eigenvalue weighted by atomic mass is 16.5. The van der Waals surface area contributed by atoms with Gasteiger partial charge in [-0.25, -0.2) is 0 Å². The number of ether oxygens (including phenoxy) is 1. The molecule has 0 saturated heterocycles. The Hall–Kier alpha value is -2.24. The van der Waals surface area contributed by atoms with E-state index in [1.807, 2.05) is 26.2 Å². The molecule has 2 N–H and O–H groups in total. The van der Waals surface area contributed by atoms with Gasteiger partial charge in [-0.2, -0.15) is 0 Å². The molecule has 0 bridgehead atoms. The lowest BCUT2D eigenvalue weighted by atomic mass is 9.84. The van der Waals surface area contributed by atoms with Crippen LogP contribution in [0.3, 0.4) is 0 Å². The third-order valence-corrected chi connectivity index (χ3v) is 5.81. The van der Waals surface area contributed by atoms with Gasteiger partial charge in [-0.15, -0.1) is 0 Å². The van der Waals surface area contributed by atoms with E-state index in [4.69, 9.17) is 4.74 Å². The number of hydrogen-bond donors (Lipinski definition) is 2. The van der Waals surface area contributed by atoms with Crippen molar-refractivity contribution in [2.24, 2.45) is 10.4 Å². The van der Waals surface area contributed by atoms with Crippen LogP contribution in [0.1, 0.15) is 45.1 Å². The lowest BCUT2D eigenvalue weighted by Crippen LogP contribution is -2.50. The number of carbonyl (C=O) groups is 1. The summed E-state index contributed by atoms with van der Waals surface area (Å²) in [6.45, 7) is 5.74. The summed E-state index contributed by atoms with van der Waals surface area (Å²) in [5.41, 5.74) is 0.840. The molecule has 1 aromatic rings. The average Bonchev–Trinajstić information content (AvgIpc) is 3.17. The summed E-state index contributed by atoms with van der Waals surface area (Å²) in [7, 11) is 7.13. The van der Waals surface area contributed by atoms with Crippen LogP contribution in [-0.2, 0) is 10.2 Å². The molecule has 1 amide bonds. The third-order valence-electron chi connectivity index (χ3n) is 5.81. The van der Waals surface area contributed by atoms with Crippen LogP contribution >= 0.6 is 0 Å². The molecule has 1 aliphatic carbocycles. The van der Waals surface area contributed by atoms with Crippen molar-refractivity contribution in [3.63, 3.8) is 0 Å². The molecule has 1 fully saturated rings. The molecule has 2 rings (SSSR count). The SMILES string of the molecule is CN=C(NCC1(C(=O)N(C)C)CCCC1)NCC(C)(C)c1ccc(OC)cc1. The van der Waals surface area contributed by atoms with Gasteiger partial charge in [0.15, 0.2) is 5.96 Å². The second-order valence-corrected chi connectivity index (χ2v) is 8.58. The molecule has 1 aromatic carbocycles. The first kappa shape index (κ1) is 22.1. The quantitative estimate of drug-likeness (QED) is 0.557. The zero-order valence-electron chi connectivity index (χ0n) is 18.3. The summed E-state index contributed by atoms with van der Waals surface area (Å²) in [6, 6.07) is 8.17. The highest BCUT2D eigenvalue weighted by Crippen LogP contribution is 2.38. The predicted molar refractivity (Wildman–Crippen MR) is 115 cm³/mol. The maximum atomic E-state index is 12.7. The van der Waals surface area contributed by atoms with E-state index in [9.17, 15) is 4.79 Å². The molecule has 6 heteroatoms.